The minimum atomic E-state index is -0.104. The number of amides is 1. The normalized spacial score (nSPS) is 11.0. The van der Waals surface area contributed by atoms with Crippen LogP contribution in [0.25, 0.3) is 16.7 Å². The van der Waals surface area contributed by atoms with Gasteiger partial charge in [-0.1, -0.05) is 48.5 Å². The lowest BCUT2D eigenvalue weighted by atomic mass is 10.2. The number of ether oxygens (including phenoxy) is 1. The molecule has 30 heavy (non-hydrogen) atoms. The van der Waals surface area contributed by atoms with Crippen LogP contribution in [0.3, 0.4) is 0 Å². The van der Waals surface area contributed by atoms with Gasteiger partial charge in [0.25, 0.3) is 5.91 Å². The smallest absolute Gasteiger partial charge is 0.261 e. The monoisotopic (exact) mass is 401 g/mol. The van der Waals surface area contributed by atoms with E-state index in [1.807, 2.05) is 74.5 Å². The van der Waals surface area contributed by atoms with Crippen LogP contribution in [0.4, 0.5) is 0 Å². The third kappa shape index (κ3) is 4.15. The number of hydrogen-bond donors (Lipinski definition) is 0. The Labute approximate surface area is 174 Å². The SMILES string of the molecule is CC(C)N(Cc1ccccc1)C(=O)COc1ncnc2c1cnn2-c1ccccc1. The second-order valence-electron chi connectivity index (χ2n) is 7.20. The molecule has 2 aromatic carbocycles. The molecule has 0 saturated carbocycles. The quantitative estimate of drug-likeness (QED) is 0.473. The van der Waals surface area contributed by atoms with Crippen molar-refractivity contribution in [1.82, 2.24) is 24.6 Å². The molecule has 7 heteroatoms. The summed E-state index contributed by atoms with van der Waals surface area (Å²) in [6.07, 6.45) is 3.08. The van der Waals surface area contributed by atoms with E-state index in [0.29, 0.717) is 23.5 Å². The Kier molecular flexibility index (Phi) is 5.70. The molecular formula is C23H23N5O2. The molecular weight excluding hydrogens is 378 g/mol. The van der Waals surface area contributed by atoms with Gasteiger partial charge in [0, 0.05) is 12.6 Å². The van der Waals surface area contributed by atoms with Gasteiger partial charge in [0.1, 0.15) is 11.7 Å². The van der Waals surface area contributed by atoms with E-state index in [9.17, 15) is 4.79 Å². The molecule has 0 fully saturated rings. The third-order valence-electron chi connectivity index (χ3n) is 4.80. The molecule has 152 valence electrons. The lowest BCUT2D eigenvalue weighted by Crippen LogP contribution is -2.39. The molecule has 0 spiro atoms. The Morgan fingerprint density at radius 1 is 1.03 bits per heavy atom. The zero-order valence-corrected chi connectivity index (χ0v) is 17.0. The van der Waals surface area contributed by atoms with E-state index in [-0.39, 0.29) is 18.6 Å². The van der Waals surface area contributed by atoms with E-state index in [1.165, 1.54) is 6.33 Å². The average molecular weight is 401 g/mol. The summed E-state index contributed by atoms with van der Waals surface area (Å²) >= 11 is 0. The number of rotatable bonds is 7. The van der Waals surface area contributed by atoms with Crippen LogP contribution < -0.4 is 4.74 Å². The fraction of sp³-hybridized carbons (Fsp3) is 0.217. The molecule has 0 atom stereocenters. The van der Waals surface area contributed by atoms with Crippen molar-refractivity contribution < 1.29 is 9.53 Å². The van der Waals surface area contributed by atoms with Gasteiger partial charge >= 0.3 is 0 Å². The van der Waals surface area contributed by atoms with Crippen molar-refractivity contribution in [1.29, 1.82) is 0 Å². The van der Waals surface area contributed by atoms with Crippen molar-refractivity contribution >= 4 is 16.9 Å². The number of aromatic nitrogens is 4. The van der Waals surface area contributed by atoms with Crippen molar-refractivity contribution in [2.24, 2.45) is 0 Å². The Morgan fingerprint density at radius 3 is 2.43 bits per heavy atom. The fourth-order valence-electron chi connectivity index (χ4n) is 3.25. The van der Waals surface area contributed by atoms with E-state index < -0.39 is 0 Å². The van der Waals surface area contributed by atoms with Gasteiger partial charge in [0.05, 0.1) is 11.9 Å². The topological polar surface area (TPSA) is 73.1 Å². The van der Waals surface area contributed by atoms with Crippen LogP contribution in [-0.4, -0.2) is 43.2 Å². The van der Waals surface area contributed by atoms with Crippen LogP contribution in [0.5, 0.6) is 5.88 Å². The predicted octanol–water partition coefficient (Wildman–Crippen LogP) is 3.63. The molecule has 0 aliphatic heterocycles. The molecule has 2 heterocycles. The van der Waals surface area contributed by atoms with Crippen LogP contribution in [0.1, 0.15) is 19.4 Å². The molecule has 4 rings (SSSR count). The number of carbonyl (C=O) groups excluding carboxylic acids is 1. The summed E-state index contributed by atoms with van der Waals surface area (Å²) in [4.78, 5) is 23.2. The van der Waals surface area contributed by atoms with Crippen molar-refractivity contribution in [2.75, 3.05) is 6.61 Å². The third-order valence-corrected chi connectivity index (χ3v) is 4.80. The van der Waals surface area contributed by atoms with Gasteiger partial charge in [0.2, 0.25) is 5.88 Å². The minimum absolute atomic E-state index is 0.0487. The Bertz CT molecular complexity index is 1130. The largest absolute Gasteiger partial charge is 0.467 e. The first-order valence-electron chi connectivity index (χ1n) is 9.84. The molecule has 4 aromatic rings. The van der Waals surface area contributed by atoms with E-state index >= 15 is 0 Å². The number of hydrogen-bond acceptors (Lipinski definition) is 5. The Hall–Kier alpha value is -3.74. The first kappa shape index (κ1) is 19.6. The summed E-state index contributed by atoms with van der Waals surface area (Å²) in [5.74, 6) is 0.245. The van der Waals surface area contributed by atoms with Crippen molar-refractivity contribution in [3.63, 3.8) is 0 Å². The zero-order valence-electron chi connectivity index (χ0n) is 17.0. The summed E-state index contributed by atoms with van der Waals surface area (Å²) in [6.45, 7) is 4.42. The summed E-state index contributed by atoms with van der Waals surface area (Å²) in [6, 6.07) is 19.7. The maximum absolute atomic E-state index is 12.9. The highest BCUT2D eigenvalue weighted by molar-refractivity contribution is 5.82. The van der Waals surface area contributed by atoms with Gasteiger partial charge in [-0.15, -0.1) is 0 Å². The molecule has 1 amide bonds. The highest BCUT2D eigenvalue weighted by Gasteiger charge is 2.19. The van der Waals surface area contributed by atoms with Crippen LogP contribution >= 0.6 is 0 Å². The molecule has 0 aliphatic rings. The maximum atomic E-state index is 12.9. The van der Waals surface area contributed by atoms with Crippen molar-refractivity contribution in [2.45, 2.75) is 26.4 Å². The zero-order chi connectivity index (χ0) is 20.9. The Balaban J connectivity index is 1.51. The Morgan fingerprint density at radius 2 is 1.73 bits per heavy atom. The van der Waals surface area contributed by atoms with Gasteiger partial charge in [0.15, 0.2) is 12.3 Å². The summed E-state index contributed by atoms with van der Waals surface area (Å²) < 4.78 is 7.53. The van der Waals surface area contributed by atoms with Crippen LogP contribution in [-0.2, 0) is 11.3 Å². The van der Waals surface area contributed by atoms with Gasteiger partial charge in [-0.05, 0) is 31.5 Å². The van der Waals surface area contributed by atoms with E-state index in [4.69, 9.17) is 4.74 Å². The second-order valence-corrected chi connectivity index (χ2v) is 7.20. The first-order chi connectivity index (χ1) is 14.6. The molecule has 7 nitrogen and oxygen atoms in total. The van der Waals surface area contributed by atoms with Crippen LogP contribution in [0, 0.1) is 0 Å². The molecule has 0 saturated heterocycles. The summed E-state index contributed by atoms with van der Waals surface area (Å²) in [7, 11) is 0. The lowest BCUT2D eigenvalue weighted by Gasteiger charge is -2.26. The number of carbonyl (C=O) groups is 1. The second kappa shape index (κ2) is 8.73. The number of fused-ring (bicyclic) bond motifs is 1. The molecule has 0 N–H and O–H groups in total. The van der Waals surface area contributed by atoms with Crippen LogP contribution in [0.2, 0.25) is 0 Å². The first-order valence-corrected chi connectivity index (χ1v) is 9.84. The number of nitrogens with zero attached hydrogens (tertiary/aromatic N) is 5. The molecule has 2 aromatic heterocycles. The van der Waals surface area contributed by atoms with Gasteiger partial charge in [-0.2, -0.15) is 5.10 Å². The fourth-order valence-corrected chi connectivity index (χ4v) is 3.25. The molecule has 0 radical (unpaired) electrons. The maximum Gasteiger partial charge on any atom is 0.261 e. The summed E-state index contributed by atoms with van der Waals surface area (Å²) in [5.41, 5.74) is 2.60. The van der Waals surface area contributed by atoms with E-state index in [2.05, 4.69) is 15.1 Å². The van der Waals surface area contributed by atoms with Crippen LogP contribution in [0.15, 0.2) is 73.2 Å². The van der Waals surface area contributed by atoms with Gasteiger partial charge in [-0.25, -0.2) is 14.6 Å². The van der Waals surface area contributed by atoms with Crippen molar-refractivity contribution in [3.8, 4) is 11.6 Å². The molecule has 0 aliphatic carbocycles. The van der Waals surface area contributed by atoms with E-state index in [1.54, 1.807) is 15.8 Å². The van der Waals surface area contributed by atoms with Crippen molar-refractivity contribution in [3.05, 3.63) is 78.8 Å². The number of para-hydroxylation sites is 1. The highest BCUT2D eigenvalue weighted by Crippen LogP contribution is 2.23. The van der Waals surface area contributed by atoms with E-state index in [0.717, 1.165) is 11.3 Å². The molecule has 0 bridgehead atoms. The highest BCUT2D eigenvalue weighted by atomic mass is 16.5. The lowest BCUT2D eigenvalue weighted by molar-refractivity contribution is -0.135. The van der Waals surface area contributed by atoms with Gasteiger partial charge in [-0.3, -0.25) is 4.79 Å². The summed E-state index contributed by atoms with van der Waals surface area (Å²) in [5, 5.41) is 5.07. The molecule has 0 unspecified atom stereocenters. The van der Waals surface area contributed by atoms with Gasteiger partial charge < -0.3 is 9.64 Å². The average Bonchev–Trinajstić information content (AvgIpc) is 3.22. The standard InChI is InChI=1S/C23H23N5O2/c1-17(2)27(14-18-9-5-3-6-10-18)21(29)15-30-23-20-13-26-28(22(20)24-16-25-23)19-11-7-4-8-12-19/h3-13,16-17H,14-15H2,1-2H3. The predicted molar refractivity (Wildman–Crippen MR) is 114 cm³/mol. The number of benzene rings is 2. The minimum Gasteiger partial charge on any atom is -0.467 e.